The van der Waals surface area contributed by atoms with E-state index in [1.807, 2.05) is 0 Å². The predicted octanol–water partition coefficient (Wildman–Crippen LogP) is 4.19. The summed E-state index contributed by atoms with van der Waals surface area (Å²) in [7, 11) is 0. The highest BCUT2D eigenvalue weighted by atomic mass is 79.9. The number of anilines is 1. The Morgan fingerprint density at radius 3 is 2.87 bits per heavy atom. The van der Waals surface area contributed by atoms with Gasteiger partial charge in [0.25, 0.3) is 0 Å². The molecule has 23 heavy (non-hydrogen) atoms. The summed E-state index contributed by atoms with van der Waals surface area (Å²) in [6, 6.07) is 10.1. The van der Waals surface area contributed by atoms with Gasteiger partial charge in [0, 0.05) is 22.0 Å². The van der Waals surface area contributed by atoms with Crippen LogP contribution in [0.15, 0.2) is 40.9 Å². The number of nitrogens with one attached hydrogen (secondary N) is 1. The summed E-state index contributed by atoms with van der Waals surface area (Å²) in [6.07, 6.45) is 0. The first kappa shape index (κ1) is 16.1. The summed E-state index contributed by atoms with van der Waals surface area (Å²) in [6.45, 7) is 0.196. The van der Waals surface area contributed by atoms with E-state index >= 15 is 0 Å². The van der Waals surface area contributed by atoms with Gasteiger partial charge in [-0.2, -0.15) is 0 Å². The number of hydrogen-bond acceptors (Lipinski definition) is 4. The molecule has 0 spiro atoms. The molecule has 2 aromatic carbocycles. The Labute approximate surface area is 145 Å². The second kappa shape index (κ2) is 7.23. The third-order valence-electron chi connectivity index (χ3n) is 3.16. The molecule has 0 saturated carbocycles. The van der Waals surface area contributed by atoms with E-state index in [0.29, 0.717) is 33.0 Å². The molecule has 0 aliphatic carbocycles. The molecule has 4 nitrogen and oxygen atoms in total. The van der Waals surface area contributed by atoms with Gasteiger partial charge in [-0.05, 0) is 29.8 Å². The number of carbonyl (C=O) groups is 1. The molecule has 1 heterocycles. The number of thioether (sulfide) groups is 1. The highest BCUT2D eigenvalue weighted by Gasteiger charge is 2.14. The van der Waals surface area contributed by atoms with Gasteiger partial charge < -0.3 is 14.8 Å². The minimum absolute atomic E-state index is 0.147. The van der Waals surface area contributed by atoms with Crippen molar-refractivity contribution in [3.05, 3.63) is 52.3 Å². The fourth-order valence-corrected chi connectivity index (χ4v) is 3.21. The first-order valence-corrected chi connectivity index (χ1v) is 8.78. The Morgan fingerprint density at radius 2 is 2.04 bits per heavy atom. The first-order chi connectivity index (χ1) is 11.1. The van der Waals surface area contributed by atoms with Crippen LogP contribution in [0.3, 0.4) is 0 Å². The molecule has 120 valence electrons. The van der Waals surface area contributed by atoms with Gasteiger partial charge in [0.15, 0.2) is 11.5 Å². The van der Waals surface area contributed by atoms with Crippen LogP contribution < -0.4 is 14.8 Å². The number of hydrogen-bond donors (Lipinski definition) is 1. The molecule has 0 atom stereocenters. The second-order valence-electron chi connectivity index (χ2n) is 4.84. The maximum atomic E-state index is 13.7. The maximum Gasteiger partial charge on any atom is 0.234 e. The van der Waals surface area contributed by atoms with Crippen molar-refractivity contribution in [2.24, 2.45) is 0 Å². The van der Waals surface area contributed by atoms with Gasteiger partial charge in [-0.1, -0.05) is 22.0 Å². The van der Waals surface area contributed by atoms with E-state index in [9.17, 15) is 9.18 Å². The van der Waals surface area contributed by atoms with Crippen LogP contribution in [0.1, 0.15) is 5.56 Å². The zero-order chi connectivity index (χ0) is 16.2. The zero-order valence-electron chi connectivity index (χ0n) is 12.0. The van der Waals surface area contributed by atoms with Crippen LogP contribution in [0.4, 0.5) is 10.1 Å². The fourth-order valence-electron chi connectivity index (χ4n) is 2.06. The van der Waals surface area contributed by atoms with Gasteiger partial charge in [-0.25, -0.2) is 4.39 Å². The Bertz CT molecular complexity index is 741. The van der Waals surface area contributed by atoms with Crippen LogP contribution in [0, 0.1) is 5.82 Å². The number of benzene rings is 2. The van der Waals surface area contributed by atoms with Crippen molar-refractivity contribution in [2.75, 3.05) is 17.9 Å². The Kier molecular flexibility index (Phi) is 5.07. The van der Waals surface area contributed by atoms with Crippen molar-refractivity contribution in [3.63, 3.8) is 0 Å². The van der Waals surface area contributed by atoms with Crippen LogP contribution >= 0.6 is 27.7 Å². The number of amides is 1. The lowest BCUT2D eigenvalue weighted by atomic mass is 10.2. The van der Waals surface area contributed by atoms with Crippen molar-refractivity contribution in [3.8, 4) is 11.5 Å². The molecule has 2 aromatic rings. The lowest BCUT2D eigenvalue weighted by Crippen LogP contribution is -2.14. The van der Waals surface area contributed by atoms with E-state index in [-0.39, 0.29) is 24.3 Å². The quantitative estimate of drug-likeness (QED) is 0.821. The molecular weight excluding hydrogens is 385 g/mol. The van der Waals surface area contributed by atoms with E-state index in [1.165, 1.54) is 17.8 Å². The third kappa shape index (κ3) is 4.17. The number of halogens is 2. The van der Waals surface area contributed by atoms with E-state index in [2.05, 4.69) is 21.2 Å². The maximum absolute atomic E-state index is 13.7. The zero-order valence-corrected chi connectivity index (χ0v) is 14.4. The van der Waals surface area contributed by atoms with E-state index in [4.69, 9.17) is 9.47 Å². The van der Waals surface area contributed by atoms with Crippen LogP contribution in [0.5, 0.6) is 11.5 Å². The summed E-state index contributed by atoms with van der Waals surface area (Å²) in [5.74, 6) is 1.54. The molecule has 1 N–H and O–H groups in total. The standard InChI is InChI=1S/C16H13BrFNO3S/c17-11-2-1-10(13(18)5-11)7-23-8-16(20)19-12-3-4-14-15(6-12)22-9-21-14/h1-6H,7-9H2,(H,19,20). The van der Waals surface area contributed by atoms with Crippen LogP contribution in [-0.4, -0.2) is 18.5 Å². The van der Waals surface area contributed by atoms with Gasteiger partial charge in [-0.3, -0.25) is 4.79 Å². The Balaban J connectivity index is 1.50. The molecule has 0 aromatic heterocycles. The summed E-state index contributed by atoms with van der Waals surface area (Å²) in [5.41, 5.74) is 1.23. The second-order valence-corrected chi connectivity index (χ2v) is 6.75. The molecular formula is C16H13BrFNO3S. The fraction of sp³-hybridized carbons (Fsp3) is 0.188. The number of carbonyl (C=O) groups excluding carboxylic acids is 1. The van der Waals surface area contributed by atoms with E-state index in [1.54, 1.807) is 30.3 Å². The van der Waals surface area contributed by atoms with Gasteiger partial charge in [0.05, 0.1) is 5.75 Å². The summed E-state index contributed by atoms with van der Waals surface area (Å²) >= 11 is 4.57. The lowest BCUT2D eigenvalue weighted by Gasteiger charge is -2.07. The largest absolute Gasteiger partial charge is 0.454 e. The summed E-state index contributed by atoms with van der Waals surface area (Å²) < 4.78 is 24.8. The van der Waals surface area contributed by atoms with Gasteiger partial charge in [-0.15, -0.1) is 11.8 Å². The monoisotopic (exact) mass is 397 g/mol. The molecule has 7 heteroatoms. The average molecular weight is 398 g/mol. The minimum Gasteiger partial charge on any atom is -0.454 e. The number of rotatable bonds is 5. The molecule has 0 radical (unpaired) electrons. The van der Waals surface area contributed by atoms with E-state index < -0.39 is 0 Å². The molecule has 0 bridgehead atoms. The predicted molar refractivity (Wildman–Crippen MR) is 91.5 cm³/mol. The highest BCUT2D eigenvalue weighted by Crippen LogP contribution is 2.34. The molecule has 1 amide bonds. The summed E-state index contributed by atoms with van der Waals surface area (Å²) in [4.78, 5) is 11.9. The van der Waals surface area contributed by atoms with Crippen molar-refractivity contribution >= 4 is 39.3 Å². The number of fused-ring (bicyclic) bond motifs is 1. The molecule has 1 aliphatic heterocycles. The average Bonchev–Trinajstić information content (AvgIpc) is 2.97. The molecule has 0 saturated heterocycles. The lowest BCUT2D eigenvalue weighted by molar-refractivity contribution is -0.113. The van der Waals surface area contributed by atoms with Crippen molar-refractivity contribution in [2.45, 2.75) is 5.75 Å². The van der Waals surface area contributed by atoms with Crippen molar-refractivity contribution in [1.82, 2.24) is 0 Å². The van der Waals surface area contributed by atoms with Crippen molar-refractivity contribution in [1.29, 1.82) is 0 Å². The van der Waals surface area contributed by atoms with Gasteiger partial charge >= 0.3 is 0 Å². The highest BCUT2D eigenvalue weighted by molar-refractivity contribution is 9.10. The van der Waals surface area contributed by atoms with Crippen LogP contribution in [0.25, 0.3) is 0 Å². The van der Waals surface area contributed by atoms with Gasteiger partial charge in [0.1, 0.15) is 5.82 Å². The minimum atomic E-state index is -0.275. The molecule has 3 rings (SSSR count). The summed E-state index contributed by atoms with van der Waals surface area (Å²) in [5, 5.41) is 2.79. The first-order valence-electron chi connectivity index (χ1n) is 6.83. The molecule has 0 fully saturated rings. The number of ether oxygens (including phenoxy) is 2. The van der Waals surface area contributed by atoms with Gasteiger partial charge in [0.2, 0.25) is 12.7 Å². The van der Waals surface area contributed by atoms with Crippen LogP contribution in [0.2, 0.25) is 0 Å². The van der Waals surface area contributed by atoms with Crippen molar-refractivity contribution < 1.29 is 18.7 Å². The Hall–Kier alpha value is -1.73. The van der Waals surface area contributed by atoms with Crippen LogP contribution in [-0.2, 0) is 10.5 Å². The van der Waals surface area contributed by atoms with E-state index in [0.717, 1.165) is 0 Å². The SMILES string of the molecule is O=C(CSCc1ccc(Br)cc1F)Nc1ccc2c(c1)OCO2. The topological polar surface area (TPSA) is 47.6 Å². The smallest absolute Gasteiger partial charge is 0.234 e. The molecule has 0 unspecified atom stereocenters. The Morgan fingerprint density at radius 1 is 1.22 bits per heavy atom. The third-order valence-corrected chi connectivity index (χ3v) is 4.64. The normalized spacial score (nSPS) is 12.3. The molecule has 1 aliphatic rings.